The average molecular weight is 175 g/mol. The molecule has 0 radical (unpaired) electrons. The molecule has 1 amide bonds. The second kappa shape index (κ2) is 2.11. The van der Waals surface area contributed by atoms with Gasteiger partial charge in [-0.3, -0.25) is 0 Å². The molecule has 1 heterocycles. The molecule has 0 saturated heterocycles. The van der Waals surface area contributed by atoms with E-state index in [1.165, 1.54) is 0 Å². The monoisotopic (exact) mass is 176 g/mol. The van der Waals surface area contributed by atoms with Crippen LogP contribution in [0.4, 0.5) is 0 Å². The van der Waals surface area contributed by atoms with Crippen LogP contribution in [0.1, 0.15) is 9.36 Å². The molecule has 42 valence electrons. The van der Waals surface area contributed by atoms with E-state index in [-0.39, 0.29) is 14.5 Å². The van der Waals surface area contributed by atoms with E-state index in [0.29, 0.717) is 4.57 Å². The Labute approximate surface area is 52.3 Å². The molecular weight excluding hydrogens is 171 g/mol. The zero-order valence-electron chi connectivity index (χ0n) is 4.00. The van der Waals surface area contributed by atoms with E-state index in [9.17, 15) is 4.79 Å². The Morgan fingerprint density at radius 2 is 2.62 bits per heavy atom. The summed E-state index contributed by atoms with van der Waals surface area (Å²) in [7, 11) is 0. The summed E-state index contributed by atoms with van der Waals surface area (Å²) < 4.78 is 0.512. The number of carbonyl (C=O) groups is 1. The predicted molar refractivity (Wildman–Crippen MR) is 29.7 cm³/mol. The number of amides is 1. The van der Waals surface area contributed by atoms with Crippen LogP contribution in [0.15, 0.2) is 11.1 Å². The van der Waals surface area contributed by atoms with Crippen LogP contribution in [-0.2, 0) is 0 Å². The van der Waals surface area contributed by atoms with E-state index < -0.39 is 5.91 Å². The molecular formula is C4H4N2OSe. The Hall–Kier alpha value is -0.601. The molecule has 3 nitrogen and oxygen atoms in total. The van der Waals surface area contributed by atoms with Gasteiger partial charge < -0.3 is 0 Å². The van der Waals surface area contributed by atoms with Crippen molar-refractivity contribution in [3.8, 4) is 0 Å². The minimum atomic E-state index is -0.394. The van der Waals surface area contributed by atoms with Crippen molar-refractivity contribution in [2.45, 2.75) is 0 Å². The number of nitrogens with two attached hydrogens (primary N) is 1. The third-order valence-electron chi connectivity index (χ3n) is 0.643. The van der Waals surface area contributed by atoms with Gasteiger partial charge in [0.15, 0.2) is 0 Å². The third-order valence-corrected chi connectivity index (χ3v) is 2.30. The van der Waals surface area contributed by atoms with Crippen molar-refractivity contribution in [2.24, 2.45) is 5.73 Å². The number of nitrogens with zero attached hydrogens (tertiary/aromatic N) is 1. The van der Waals surface area contributed by atoms with Gasteiger partial charge in [-0.15, -0.1) is 0 Å². The molecule has 0 fully saturated rings. The fourth-order valence-electron chi connectivity index (χ4n) is 0.345. The molecule has 2 N–H and O–H groups in total. The topological polar surface area (TPSA) is 56.0 Å². The van der Waals surface area contributed by atoms with Crippen LogP contribution in [0.5, 0.6) is 0 Å². The Kier molecular flexibility index (Phi) is 1.46. The van der Waals surface area contributed by atoms with Crippen molar-refractivity contribution in [2.75, 3.05) is 0 Å². The Bertz CT molecular complexity index is 182. The van der Waals surface area contributed by atoms with Gasteiger partial charge in [-0.25, -0.2) is 0 Å². The van der Waals surface area contributed by atoms with Gasteiger partial charge in [0, 0.05) is 0 Å². The van der Waals surface area contributed by atoms with Crippen molar-refractivity contribution in [1.82, 2.24) is 4.98 Å². The molecule has 0 unspecified atom stereocenters. The molecule has 0 aliphatic heterocycles. The van der Waals surface area contributed by atoms with E-state index >= 15 is 0 Å². The van der Waals surface area contributed by atoms with E-state index in [1.807, 2.05) is 4.94 Å². The maximum absolute atomic E-state index is 10.3. The van der Waals surface area contributed by atoms with Gasteiger partial charge in [0.2, 0.25) is 0 Å². The summed E-state index contributed by atoms with van der Waals surface area (Å²) >= 11 is 0.103. The van der Waals surface area contributed by atoms with Crippen LogP contribution in [-0.4, -0.2) is 25.4 Å². The molecule has 1 aromatic rings. The van der Waals surface area contributed by atoms with Crippen LogP contribution in [0.2, 0.25) is 0 Å². The number of primary amides is 1. The Balaban J connectivity index is 2.93. The quantitative estimate of drug-likeness (QED) is 0.570. The molecule has 1 rings (SSSR count). The average Bonchev–Trinajstić information content (AvgIpc) is 2.12. The normalized spacial score (nSPS) is 9.00. The summed E-state index contributed by atoms with van der Waals surface area (Å²) in [5.74, 6) is -0.394. The van der Waals surface area contributed by atoms with Crippen LogP contribution in [0.25, 0.3) is 0 Å². The maximum atomic E-state index is 10.3. The molecule has 0 aromatic carbocycles. The first-order chi connectivity index (χ1) is 3.80. The molecule has 8 heavy (non-hydrogen) atoms. The fraction of sp³-hybridized carbons (Fsp3) is 0. The molecule has 0 atom stereocenters. The first-order valence-electron chi connectivity index (χ1n) is 2.00. The van der Waals surface area contributed by atoms with Crippen molar-refractivity contribution in [1.29, 1.82) is 0 Å². The minimum absolute atomic E-state index is 0.103. The van der Waals surface area contributed by atoms with Gasteiger partial charge >= 0.3 is 51.6 Å². The number of rotatable bonds is 1. The van der Waals surface area contributed by atoms with E-state index in [4.69, 9.17) is 5.73 Å². The zero-order valence-corrected chi connectivity index (χ0v) is 5.71. The van der Waals surface area contributed by atoms with Crippen molar-refractivity contribution >= 4 is 20.4 Å². The van der Waals surface area contributed by atoms with Gasteiger partial charge in [0.25, 0.3) is 0 Å². The Morgan fingerprint density at radius 3 is 2.88 bits per heavy atom. The predicted octanol–water partition coefficient (Wildman–Crippen LogP) is -0.763. The van der Waals surface area contributed by atoms with E-state index in [1.54, 1.807) is 6.20 Å². The van der Waals surface area contributed by atoms with Crippen molar-refractivity contribution in [3.63, 3.8) is 0 Å². The van der Waals surface area contributed by atoms with Crippen molar-refractivity contribution < 1.29 is 4.79 Å². The molecule has 0 bridgehead atoms. The summed E-state index contributed by atoms with van der Waals surface area (Å²) in [5, 5.41) is 0. The second-order valence-electron chi connectivity index (χ2n) is 1.20. The molecule has 0 spiro atoms. The van der Waals surface area contributed by atoms with Crippen LogP contribution < -0.4 is 5.73 Å². The first kappa shape index (κ1) is 5.53. The van der Waals surface area contributed by atoms with E-state index in [2.05, 4.69) is 4.98 Å². The number of aromatic nitrogens is 1. The third kappa shape index (κ3) is 0.966. The summed E-state index contributed by atoms with van der Waals surface area (Å²) in [6.45, 7) is 0. The Morgan fingerprint density at radius 1 is 1.88 bits per heavy atom. The first-order valence-corrected chi connectivity index (χ1v) is 3.84. The van der Waals surface area contributed by atoms with Crippen molar-refractivity contribution in [3.05, 3.63) is 15.7 Å². The van der Waals surface area contributed by atoms with Gasteiger partial charge in [-0.2, -0.15) is 0 Å². The molecule has 0 aliphatic carbocycles. The number of hydrogen-bond acceptors (Lipinski definition) is 2. The van der Waals surface area contributed by atoms with Gasteiger partial charge in [-0.05, 0) is 0 Å². The zero-order chi connectivity index (χ0) is 5.98. The van der Waals surface area contributed by atoms with E-state index in [0.717, 1.165) is 0 Å². The van der Waals surface area contributed by atoms with Gasteiger partial charge in [0.05, 0.1) is 0 Å². The van der Waals surface area contributed by atoms with Crippen LogP contribution in [0, 0.1) is 0 Å². The molecule has 0 aliphatic rings. The summed E-state index contributed by atoms with van der Waals surface area (Å²) in [5.41, 5.74) is 4.90. The number of carbonyl (C=O) groups excluding carboxylic acids is 1. The van der Waals surface area contributed by atoms with Gasteiger partial charge in [0.1, 0.15) is 0 Å². The molecule has 0 saturated carbocycles. The molecule has 4 heteroatoms. The second-order valence-corrected chi connectivity index (χ2v) is 3.08. The summed E-state index contributed by atoms with van der Waals surface area (Å²) in [6, 6.07) is 0. The molecule has 1 aromatic heterocycles. The summed E-state index contributed by atoms with van der Waals surface area (Å²) in [6.07, 6.45) is 1.61. The van der Waals surface area contributed by atoms with Gasteiger partial charge in [-0.1, -0.05) is 0 Å². The summed E-state index contributed by atoms with van der Waals surface area (Å²) in [4.78, 5) is 15.8. The SMILES string of the molecule is NC(=O)c1ncc[se]1. The fourth-order valence-corrected chi connectivity index (χ4v) is 1.37. The standard InChI is InChI=1S/C4H4N2OSe/c5-3(7)4-6-1-2-8-4/h1-2H,(H2,5,7). The van der Waals surface area contributed by atoms with Crippen LogP contribution in [0.3, 0.4) is 0 Å². The number of hydrogen-bond donors (Lipinski definition) is 1. The van der Waals surface area contributed by atoms with Crippen LogP contribution >= 0.6 is 0 Å².